The van der Waals surface area contributed by atoms with Gasteiger partial charge in [0, 0.05) is 6.20 Å². The first-order valence-electron chi connectivity index (χ1n) is 3.04. The summed E-state index contributed by atoms with van der Waals surface area (Å²) in [6.45, 7) is 1.66. The summed E-state index contributed by atoms with van der Waals surface area (Å²) >= 11 is 5.59. The predicted molar refractivity (Wildman–Crippen MR) is 43.2 cm³/mol. The Morgan fingerprint density at radius 3 is 2.82 bits per heavy atom. The van der Waals surface area contributed by atoms with E-state index in [1.165, 1.54) is 6.20 Å². The standard InChI is InChI=1S/C7H7ClN2O/c1-5(10-11)7-3-2-6(8)4-9-7/h2-4,11H,1H3/b10-5-. The van der Waals surface area contributed by atoms with Crippen molar-refractivity contribution < 1.29 is 5.21 Å². The summed E-state index contributed by atoms with van der Waals surface area (Å²) in [6.07, 6.45) is 1.51. The third-order valence-corrected chi connectivity index (χ3v) is 1.47. The molecule has 0 aliphatic rings. The Labute approximate surface area is 69.3 Å². The van der Waals surface area contributed by atoms with Gasteiger partial charge in [-0.05, 0) is 19.1 Å². The maximum atomic E-state index is 8.37. The highest BCUT2D eigenvalue weighted by Gasteiger charge is 1.97. The number of halogens is 1. The Morgan fingerprint density at radius 2 is 2.36 bits per heavy atom. The van der Waals surface area contributed by atoms with Crippen LogP contribution in [0, 0.1) is 0 Å². The molecule has 1 heterocycles. The predicted octanol–water partition coefficient (Wildman–Crippen LogP) is 1.93. The minimum absolute atomic E-state index is 0.474. The van der Waals surface area contributed by atoms with Gasteiger partial charge in [-0.3, -0.25) is 4.98 Å². The second-order valence-electron chi connectivity index (χ2n) is 2.05. The van der Waals surface area contributed by atoms with Gasteiger partial charge >= 0.3 is 0 Å². The zero-order valence-electron chi connectivity index (χ0n) is 5.95. The Hall–Kier alpha value is -1.09. The van der Waals surface area contributed by atoms with Crippen LogP contribution in [0.4, 0.5) is 0 Å². The van der Waals surface area contributed by atoms with E-state index in [9.17, 15) is 0 Å². The summed E-state index contributed by atoms with van der Waals surface area (Å²) in [5, 5.41) is 11.9. The van der Waals surface area contributed by atoms with Crippen LogP contribution in [0.5, 0.6) is 0 Å². The minimum Gasteiger partial charge on any atom is -0.411 e. The van der Waals surface area contributed by atoms with E-state index in [1.54, 1.807) is 19.1 Å². The van der Waals surface area contributed by atoms with E-state index in [-0.39, 0.29) is 0 Å². The van der Waals surface area contributed by atoms with Crippen LogP contribution in [0.3, 0.4) is 0 Å². The molecule has 0 saturated heterocycles. The highest BCUT2D eigenvalue weighted by Crippen LogP contribution is 2.06. The smallest absolute Gasteiger partial charge is 0.102 e. The van der Waals surface area contributed by atoms with Crippen LogP contribution in [0.15, 0.2) is 23.5 Å². The van der Waals surface area contributed by atoms with Gasteiger partial charge in [0.15, 0.2) is 0 Å². The van der Waals surface area contributed by atoms with Crippen molar-refractivity contribution >= 4 is 17.3 Å². The average Bonchev–Trinajstić information content (AvgIpc) is 2.05. The molecule has 0 aliphatic heterocycles. The van der Waals surface area contributed by atoms with Crippen LogP contribution in [-0.2, 0) is 0 Å². The second kappa shape index (κ2) is 3.34. The van der Waals surface area contributed by atoms with E-state index >= 15 is 0 Å². The molecule has 3 nitrogen and oxygen atoms in total. The molecule has 0 unspecified atom stereocenters. The second-order valence-corrected chi connectivity index (χ2v) is 2.48. The highest BCUT2D eigenvalue weighted by molar-refractivity contribution is 6.30. The molecule has 0 aromatic carbocycles. The van der Waals surface area contributed by atoms with Crippen molar-refractivity contribution in [3.8, 4) is 0 Å². The van der Waals surface area contributed by atoms with Crippen molar-refractivity contribution in [1.29, 1.82) is 0 Å². The molecule has 0 bridgehead atoms. The molecule has 0 aliphatic carbocycles. The molecular weight excluding hydrogens is 164 g/mol. The number of hydrogen-bond acceptors (Lipinski definition) is 3. The van der Waals surface area contributed by atoms with Crippen molar-refractivity contribution in [3.05, 3.63) is 29.0 Å². The van der Waals surface area contributed by atoms with E-state index in [2.05, 4.69) is 10.1 Å². The first kappa shape index (κ1) is 8.01. The zero-order chi connectivity index (χ0) is 8.27. The van der Waals surface area contributed by atoms with Crippen LogP contribution in [-0.4, -0.2) is 15.9 Å². The molecule has 0 amide bonds. The maximum absolute atomic E-state index is 8.37. The fourth-order valence-corrected chi connectivity index (χ4v) is 0.753. The molecule has 11 heavy (non-hydrogen) atoms. The van der Waals surface area contributed by atoms with E-state index < -0.39 is 0 Å². The van der Waals surface area contributed by atoms with E-state index in [1.807, 2.05) is 0 Å². The van der Waals surface area contributed by atoms with Crippen molar-refractivity contribution in [3.63, 3.8) is 0 Å². The molecule has 58 valence electrons. The van der Waals surface area contributed by atoms with Crippen molar-refractivity contribution in [1.82, 2.24) is 4.98 Å². The highest BCUT2D eigenvalue weighted by atomic mass is 35.5. The first-order chi connectivity index (χ1) is 5.24. The van der Waals surface area contributed by atoms with Crippen LogP contribution in [0.1, 0.15) is 12.6 Å². The fraction of sp³-hybridized carbons (Fsp3) is 0.143. The number of aromatic nitrogens is 1. The lowest BCUT2D eigenvalue weighted by molar-refractivity contribution is 0.319. The lowest BCUT2D eigenvalue weighted by Gasteiger charge is -1.95. The third-order valence-electron chi connectivity index (χ3n) is 1.25. The Bertz CT molecular complexity index is 268. The monoisotopic (exact) mass is 170 g/mol. The Balaban J connectivity index is 2.99. The summed E-state index contributed by atoms with van der Waals surface area (Å²) in [5.41, 5.74) is 1.10. The van der Waals surface area contributed by atoms with Crippen LogP contribution in [0.25, 0.3) is 0 Å². The SMILES string of the molecule is C/C(=N/O)c1ccc(Cl)cn1. The maximum Gasteiger partial charge on any atom is 0.102 e. The molecule has 0 spiro atoms. The van der Waals surface area contributed by atoms with Gasteiger partial charge in [0.05, 0.1) is 10.7 Å². The van der Waals surface area contributed by atoms with Crippen LogP contribution in [0.2, 0.25) is 5.02 Å². The number of hydrogen-bond donors (Lipinski definition) is 1. The number of nitrogens with zero attached hydrogens (tertiary/aromatic N) is 2. The molecule has 4 heteroatoms. The van der Waals surface area contributed by atoms with Gasteiger partial charge in [0.2, 0.25) is 0 Å². The van der Waals surface area contributed by atoms with Gasteiger partial charge in [0.25, 0.3) is 0 Å². The molecule has 0 fully saturated rings. The van der Waals surface area contributed by atoms with Crippen molar-refractivity contribution in [2.45, 2.75) is 6.92 Å². The molecule has 0 radical (unpaired) electrons. The number of oxime groups is 1. The molecular formula is C7H7ClN2O. The van der Waals surface area contributed by atoms with Gasteiger partial charge in [-0.15, -0.1) is 0 Å². The summed E-state index contributed by atoms with van der Waals surface area (Å²) in [6, 6.07) is 3.38. The fourth-order valence-electron chi connectivity index (χ4n) is 0.641. The third kappa shape index (κ3) is 1.91. The van der Waals surface area contributed by atoms with Gasteiger partial charge in [-0.25, -0.2) is 0 Å². The number of rotatable bonds is 1. The van der Waals surface area contributed by atoms with Gasteiger partial charge in [0.1, 0.15) is 5.71 Å². The number of pyridine rings is 1. The summed E-state index contributed by atoms with van der Waals surface area (Å²) in [4.78, 5) is 3.93. The molecule has 1 N–H and O–H groups in total. The lowest BCUT2D eigenvalue weighted by Crippen LogP contribution is -1.96. The summed E-state index contributed by atoms with van der Waals surface area (Å²) in [5.74, 6) is 0. The van der Waals surface area contributed by atoms with Crippen LogP contribution < -0.4 is 0 Å². The summed E-state index contributed by atoms with van der Waals surface area (Å²) in [7, 11) is 0. The van der Waals surface area contributed by atoms with Gasteiger partial charge < -0.3 is 5.21 Å². The molecule has 0 saturated carbocycles. The topological polar surface area (TPSA) is 45.5 Å². The molecule has 0 atom stereocenters. The molecule has 1 aromatic heterocycles. The lowest BCUT2D eigenvalue weighted by atomic mass is 10.3. The van der Waals surface area contributed by atoms with Gasteiger partial charge in [-0.1, -0.05) is 16.8 Å². The van der Waals surface area contributed by atoms with E-state index in [0.717, 1.165) is 0 Å². The Morgan fingerprint density at radius 1 is 1.64 bits per heavy atom. The minimum atomic E-state index is 0.474. The van der Waals surface area contributed by atoms with Crippen molar-refractivity contribution in [2.24, 2.45) is 5.16 Å². The quantitative estimate of drug-likeness (QED) is 0.398. The average molecular weight is 171 g/mol. The Kier molecular flexibility index (Phi) is 2.44. The van der Waals surface area contributed by atoms with E-state index in [0.29, 0.717) is 16.4 Å². The largest absolute Gasteiger partial charge is 0.411 e. The van der Waals surface area contributed by atoms with Crippen LogP contribution >= 0.6 is 11.6 Å². The summed E-state index contributed by atoms with van der Waals surface area (Å²) < 4.78 is 0. The molecule has 1 rings (SSSR count). The first-order valence-corrected chi connectivity index (χ1v) is 3.42. The molecule has 1 aromatic rings. The zero-order valence-corrected chi connectivity index (χ0v) is 6.71. The van der Waals surface area contributed by atoms with Crippen molar-refractivity contribution in [2.75, 3.05) is 0 Å². The van der Waals surface area contributed by atoms with Gasteiger partial charge in [-0.2, -0.15) is 0 Å². The van der Waals surface area contributed by atoms with E-state index in [4.69, 9.17) is 16.8 Å². The normalized spacial score (nSPS) is 11.6.